The van der Waals surface area contributed by atoms with E-state index in [9.17, 15) is 14.4 Å². The molecule has 3 rings (SSSR count). The minimum Gasteiger partial charge on any atom is -0.450 e. The number of rotatable bonds is 3. The maximum atomic E-state index is 12.8. The van der Waals surface area contributed by atoms with Crippen molar-refractivity contribution in [2.24, 2.45) is 0 Å². The molecule has 0 aliphatic carbocycles. The van der Waals surface area contributed by atoms with Crippen molar-refractivity contribution in [1.82, 2.24) is 5.32 Å². The van der Waals surface area contributed by atoms with Crippen molar-refractivity contribution in [3.8, 4) is 0 Å². The van der Waals surface area contributed by atoms with Crippen LogP contribution in [0, 0.1) is 3.77 Å². The van der Waals surface area contributed by atoms with Crippen molar-refractivity contribution >= 4 is 68.1 Å². The molecule has 4 amide bonds. The van der Waals surface area contributed by atoms with Crippen LogP contribution in [0.25, 0.3) is 6.08 Å². The van der Waals surface area contributed by atoms with Gasteiger partial charge in [0.25, 0.3) is 11.8 Å². The van der Waals surface area contributed by atoms with Crippen molar-refractivity contribution in [2.45, 2.75) is 13.3 Å². The number of barbiturate groups is 1. The number of para-hydroxylation sites is 1. The summed E-state index contributed by atoms with van der Waals surface area (Å²) in [5.74, 6) is -1.09. The predicted molar refractivity (Wildman–Crippen MR) is 104 cm³/mol. The van der Waals surface area contributed by atoms with Crippen molar-refractivity contribution in [2.75, 3.05) is 4.90 Å². The lowest BCUT2D eigenvalue weighted by Gasteiger charge is -2.27. The summed E-state index contributed by atoms with van der Waals surface area (Å²) in [5.41, 5.74) is 1.12. The van der Waals surface area contributed by atoms with Gasteiger partial charge in [-0.2, -0.15) is 0 Å². The Labute approximate surface area is 165 Å². The first-order chi connectivity index (χ1) is 11.9. The Balaban J connectivity index is 2.05. The van der Waals surface area contributed by atoms with Crippen LogP contribution in [0.2, 0.25) is 0 Å². The summed E-state index contributed by atoms with van der Waals surface area (Å²) in [6.45, 7) is 1.93. The number of imide groups is 2. The van der Waals surface area contributed by atoms with E-state index in [1.807, 2.05) is 41.6 Å². The zero-order valence-electron chi connectivity index (χ0n) is 13.0. The van der Waals surface area contributed by atoms with Gasteiger partial charge >= 0.3 is 6.03 Å². The lowest BCUT2D eigenvalue weighted by atomic mass is 10.1. The number of anilines is 1. The Bertz CT molecular complexity index is 900. The van der Waals surface area contributed by atoms with E-state index in [1.165, 1.54) is 6.08 Å². The summed E-state index contributed by atoms with van der Waals surface area (Å²) in [6.07, 6.45) is 1.97. The number of aryl methyl sites for hydroxylation is 1. The van der Waals surface area contributed by atoms with Gasteiger partial charge in [-0.05, 0) is 46.1 Å². The molecule has 0 radical (unpaired) electrons. The number of carbonyl (C=O) groups is 3. The predicted octanol–water partition coefficient (Wildman–Crippen LogP) is 3.88. The van der Waals surface area contributed by atoms with Crippen LogP contribution in [0.5, 0.6) is 0 Å². The molecular weight excluding hydrogens is 503 g/mol. The van der Waals surface area contributed by atoms with Crippen molar-refractivity contribution in [3.05, 3.63) is 55.5 Å². The second-order valence-electron chi connectivity index (χ2n) is 5.21. The van der Waals surface area contributed by atoms with E-state index < -0.39 is 17.8 Å². The fourth-order valence-electron chi connectivity index (χ4n) is 2.48. The Morgan fingerprint density at radius 1 is 1.28 bits per heavy atom. The largest absolute Gasteiger partial charge is 0.450 e. The number of halogens is 2. The summed E-state index contributed by atoms with van der Waals surface area (Å²) in [5, 5.41) is 2.21. The first-order valence-electron chi connectivity index (χ1n) is 7.36. The van der Waals surface area contributed by atoms with E-state index in [2.05, 4.69) is 21.2 Å². The highest BCUT2D eigenvalue weighted by molar-refractivity contribution is 14.1. The molecule has 0 bridgehead atoms. The lowest BCUT2D eigenvalue weighted by Crippen LogP contribution is -2.54. The van der Waals surface area contributed by atoms with Gasteiger partial charge in [0.15, 0.2) is 3.77 Å². The minimum absolute atomic E-state index is 0.164. The molecule has 128 valence electrons. The van der Waals surface area contributed by atoms with Crippen LogP contribution in [-0.2, 0) is 16.0 Å². The number of benzene rings is 1. The second kappa shape index (κ2) is 7.12. The molecule has 1 aliphatic rings. The van der Waals surface area contributed by atoms with Gasteiger partial charge in [-0.3, -0.25) is 14.9 Å². The van der Waals surface area contributed by atoms with Crippen LogP contribution in [0.15, 0.2) is 44.8 Å². The molecule has 1 aromatic carbocycles. The molecule has 1 aromatic heterocycles. The lowest BCUT2D eigenvalue weighted by molar-refractivity contribution is -0.122. The SMILES string of the molecule is CCc1ccccc1N1C(=O)NC(=O)/C(=C\c2cc(Br)c(I)o2)C1=O. The van der Waals surface area contributed by atoms with Gasteiger partial charge in [0.2, 0.25) is 0 Å². The Morgan fingerprint density at radius 3 is 2.64 bits per heavy atom. The molecule has 1 N–H and O–H groups in total. The molecule has 0 atom stereocenters. The Morgan fingerprint density at radius 2 is 2.00 bits per heavy atom. The van der Waals surface area contributed by atoms with Gasteiger partial charge in [0, 0.05) is 22.6 Å². The quantitative estimate of drug-likeness (QED) is 0.383. The van der Waals surface area contributed by atoms with Crippen LogP contribution < -0.4 is 10.2 Å². The number of amides is 4. The molecule has 2 heterocycles. The molecule has 0 spiro atoms. The average Bonchev–Trinajstić information content (AvgIpc) is 2.89. The van der Waals surface area contributed by atoms with Crippen LogP contribution in [0.4, 0.5) is 10.5 Å². The monoisotopic (exact) mass is 514 g/mol. The van der Waals surface area contributed by atoms with Gasteiger partial charge in [-0.15, -0.1) is 0 Å². The summed E-state index contributed by atoms with van der Waals surface area (Å²) in [6, 6.07) is 7.97. The smallest absolute Gasteiger partial charge is 0.335 e. The van der Waals surface area contributed by atoms with E-state index in [4.69, 9.17) is 4.42 Å². The van der Waals surface area contributed by atoms with Crippen LogP contribution in [0.3, 0.4) is 0 Å². The molecule has 8 heteroatoms. The van der Waals surface area contributed by atoms with Gasteiger partial charge in [0.1, 0.15) is 11.3 Å². The van der Waals surface area contributed by atoms with Crippen molar-refractivity contribution in [1.29, 1.82) is 0 Å². The molecule has 2 aromatic rings. The maximum Gasteiger partial charge on any atom is 0.335 e. The highest BCUT2D eigenvalue weighted by Crippen LogP contribution is 2.28. The molecule has 25 heavy (non-hydrogen) atoms. The second-order valence-corrected chi connectivity index (χ2v) is 7.04. The van der Waals surface area contributed by atoms with E-state index >= 15 is 0 Å². The van der Waals surface area contributed by atoms with E-state index in [-0.39, 0.29) is 5.57 Å². The van der Waals surface area contributed by atoms with Gasteiger partial charge in [-0.25, -0.2) is 9.69 Å². The van der Waals surface area contributed by atoms with Crippen LogP contribution >= 0.6 is 38.5 Å². The first-order valence-corrected chi connectivity index (χ1v) is 9.23. The highest BCUT2D eigenvalue weighted by atomic mass is 127. The highest BCUT2D eigenvalue weighted by Gasteiger charge is 2.37. The number of carbonyl (C=O) groups excluding carboxylic acids is 3. The summed E-state index contributed by atoms with van der Waals surface area (Å²) in [7, 11) is 0. The third-order valence-electron chi connectivity index (χ3n) is 3.67. The molecule has 1 saturated heterocycles. The van der Waals surface area contributed by atoms with Gasteiger partial charge in [0.05, 0.1) is 10.2 Å². The van der Waals surface area contributed by atoms with Crippen LogP contribution in [-0.4, -0.2) is 17.8 Å². The molecule has 0 unspecified atom stereocenters. The molecule has 6 nitrogen and oxygen atoms in total. The number of furan rings is 1. The van der Waals surface area contributed by atoms with Crippen molar-refractivity contribution in [3.63, 3.8) is 0 Å². The van der Waals surface area contributed by atoms with E-state index in [0.717, 1.165) is 10.5 Å². The third-order valence-corrected chi connectivity index (χ3v) is 5.80. The summed E-state index contributed by atoms with van der Waals surface area (Å²) >= 11 is 5.29. The molecule has 0 saturated carbocycles. The molecular formula is C17H12BrIN2O4. The summed E-state index contributed by atoms with van der Waals surface area (Å²) < 4.78 is 6.76. The van der Waals surface area contributed by atoms with E-state index in [1.54, 1.807) is 18.2 Å². The maximum absolute atomic E-state index is 12.8. The fourth-order valence-corrected chi connectivity index (χ4v) is 3.20. The van der Waals surface area contributed by atoms with Crippen LogP contribution in [0.1, 0.15) is 18.2 Å². The zero-order chi connectivity index (χ0) is 18.1. The topological polar surface area (TPSA) is 79.6 Å². The minimum atomic E-state index is -0.761. The average molecular weight is 515 g/mol. The van der Waals surface area contributed by atoms with Gasteiger partial charge < -0.3 is 4.42 Å². The Hall–Kier alpha value is -1.94. The fraction of sp³-hybridized carbons (Fsp3) is 0.118. The third kappa shape index (κ3) is 3.40. The number of hydrogen-bond acceptors (Lipinski definition) is 4. The number of urea groups is 1. The first kappa shape index (κ1) is 17.9. The van der Waals surface area contributed by atoms with Crippen molar-refractivity contribution < 1.29 is 18.8 Å². The summed E-state index contributed by atoms with van der Waals surface area (Å²) in [4.78, 5) is 38.2. The number of nitrogens with zero attached hydrogens (tertiary/aromatic N) is 1. The molecule has 1 aliphatic heterocycles. The standard InChI is InChI=1S/C17H12BrIN2O4/c1-2-9-5-3-4-6-13(9)21-16(23)11(15(22)20-17(21)24)7-10-8-12(18)14(19)25-10/h3-8H,2H2,1H3,(H,20,22,24)/b11-7+. The zero-order valence-corrected chi connectivity index (χ0v) is 16.8. The number of hydrogen-bond donors (Lipinski definition) is 1. The van der Waals surface area contributed by atoms with Gasteiger partial charge in [-0.1, -0.05) is 25.1 Å². The normalized spacial score (nSPS) is 16.5. The Kier molecular flexibility index (Phi) is 5.09. The molecule has 1 fully saturated rings. The number of nitrogens with one attached hydrogen (secondary N) is 1. The van der Waals surface area contributed by atoms with E-state index in [0.29, 0.717) is 26.1 Å².